The molecule has 6 heteroatoms. The summed E-state index contributed by atoms with van der Waals surface area (Å²) in [6, 6.07) is 5.57. The molecule has 1 aromatic heterocycles. The predicted octanol–water partition coefficient (Wildman–Crippen LogP) is 1.88. The van der Waals surface area contributed by atoms with Gasteiger partial charge in [-0.15, -0.1) is 0 Å². The number of aromatic nitrogens is 2. The Bertz CT molecular complexity index is 633. The van der Waals surface area contributed by atoms with Gasteiger partial charge in [0, 0.05) is 19.4 Å². The topological polar surface area (TPSA) is 49.3 Å². The van der Waals surface area contributed by atoms with Crippen LogP contribution in [0.5, 0.6) is 0 Å². The van der Waals surface area contributed by atoms with Crippen LogP contribution < -0.4 is 0 Å². The summed E-state index contributed by atoms with van der Waals surface area (Å²) in [7, 11) is 5.29. The summed E-state index contributed by atoms with van der Waals surface area (Å²) in [6.07, 6.45) is 4.79. The maximum absolute atomic E-state index is 13.4. The van der Waals surface area contributed by atoms with Crippen LogP contribution in [0.3, 0.4) is 0 Å². The summed E-state index contributed by atoms with van der Waals surface area (Å²) >= 11 is 0. The summed E-state index contributed by atoms with van der Waals surface area (Å²) in [5, 5.41) is 0. The lowest BCUT2D eigenvalue weighted by molar-refractivity contribution is -0.135. The third-order valence-electron chi connectivity index (χ3n) is 3.31. The summed E-state index contributed by atoms with van der Waals surface area (Å²) in [5.74, 6) is -0.477. The average molecular weight is 302 g/mol. The minimum absolute atomic E-state index is 0.124. The number of amides is 1. The van der Waals surface area contributed by atoms with Crippen molar-refractivity contribution in [3.05, 3.63) is 59.9 Å². The molecular formula is C16H19FN4O. The van der Waals surface area contributed by atoms with Crippen molar-refractivity contribution >= 4 is 5.91 Å². The second-order valence-corrected chi connectivity index (χ2v) is 5.31. The number of likely N-dealkylation sites (N-methyl/N-ethyl adjacent to an activating group) is 2. The van der Waals surface area contributed by atoms with E-state index in [1.807, 2.05) is 0 Å². The molecule has 0 N–H and O–H groups in total. The van der Waals surface area contributed by atoms with E-state index in [0.717, 1.165) is 0 Å². The summed E-state index contributed by atoms with van der Waals surface area (Å²) in [6.45, 7) is 0.354. The largest absolute Gasteiger partial charge is 0.338 e. The molecule has 0 radical (unpaired) electrons. The predicted molar refractivity (Wildman–Crippen MR) is 81.3 cm³/mol. The van der Waals surface area contributed by atoms with E-state index in [4.69, 9.17) is 0 Å². The average Bonchev–Trinajstić information content (AvgIpc) is 2.48. The highest BCUT2D eigenvalue weighted by Crippen LogP contribution is 2.21. The Labute approximate surface area is 129 Å². The summed E-state index contributed by atoms with van der Waals surface area (Å²) in [4.78, 5) is 24.2. The van der Waals surface area contributed by atoms with Crippen LogP contribution in [0.1, 0.15) is 17.3 Å². The van der Waals surface area contributed by atoms with Gasteiger partial charge in [0.2, 0.25) is 5.91 Å². The van der Waals surface area contributed by atoms with Gasteiger partial charge in [-0.2, -0.15) is 0 Å². The highest BCUT2D eigenvalue weighted by molar-refractivity contribution is 5.83. The Balaban J connectivity index is 2.19. The molecule has 0 unspecified atom stereocenters. The Morgan fingerprint density at radius 1 is 1.27 bits per heavy atom. The fraction of sp³-hybridized carbons (Fsp3) is 0.312. The van der Waals surface area contributed by atoms with E-state index in [1.165, 1.54) is 12.1 Å². The molecule has 2 rings (SSSR count). The zero-order valence-corrected chi connectivity index (χ0v) is 12.9. The van der Waals surface area contributed by atoms with E-state index in [2.05, 4.69) is 9.97 Å². The summed E-state index contributed by atoms with van der Waals surface area (Å²) in [5.41, 5.74) is 1.33. The van der Waals surface area contributed by atoms with Crippen LogP contribution >= 0.6 is 0 Å². The monoisotopic (exact) mass is 302 g/mol. The molecule has 0 aliphatic carbocycles. The lowest BCUT2D eigenvalue weighted by atomic mass is 10.0. The minimum atomic E-state index is -0.544. The van der Waals surface area contributed by atoms with Crippen LogP contribution in [0.25, 0.3) is 0 Å². The van der Waals surface area contributed by atoms with E-state index < -0.39 is 6.04 Å². The molecule has 0 aliphatic heterocycles. The van der Waals surface area contributed by atoms with Gasteiger partial charge in [0.15, 0.2) is 0 Å². The number of halogens is 1. The Hall–Kier alpha value is -2.34. The molecular weight excluding hydrogens is 283 g/mol. The first kappa shape index (κ1) is 16.0. The maximum atomic E-state index is 13.4. The highest BCUT2D eigenvalue weighted by atomic mass is 19.1. The second kappa shape index (κ2) is 7.09. The number of nitrogens with zero attached hydrogens (tertiary/aromatic N) is 4. The summed E-state index contributed by atoms with van der Waals surface area (Å²) < 4.78 is 13.4. The van der Waals surface area contributed by atoms with Crippen LogP contribution in [-0.2, 0) is 11.3 Å². The Kier molecular flexibility index (Phi) is 5.16. The number of carbonyl (C=O) groups is 1. The first-order chi connectivity index (χ1) is 10.5. The van der Waals surface area contributed by atoms with Gasteiger partial charge in [-0.05, 0) is 31.8 Å². The van der Waals surface area contributed by atoms with Gasteiger partial charge >= 0.3 is 0 Å². The number of hydrogen-bond acceptors (Lipinski definition) is 4. The van der Waals surface area contributed by atoms with Gasteiger partial charge < -0.3 is 4.90 Å². The quantitative estimate of drug-likeness (QED) is 0.846. The first-order valence-electron chi connectivity index (χ1n) is 6.91. The van der Waals surface area contributed by atoms with E-state index in [9.17, 15) is 9.18 Å². The van der Waals surface area contributed by atoms with Crippen LogP contribution in [0.2, 0.25) is 0 Å². The number of benzene rings is 1. The number of rotatable bonds is 5. The standard InChI is InChI=1S/C16H19FN4O/c1-20(2)15(12-5-4-6-13(17)9-12)16(22)21(3)11-14-10-18-7-8-19-14/h4-10,15H,11H2,1-3H3/t15-/m0/s1. The van der Waals surface area contributed by atoms with Crippen LogP contribution in [0.15, 0.2) is 42.9 Å². The van der Waals surface area contributed by atoms with Crippen molar-refractivity contribution in [1.29, 1.82) is 0 Å². The number of hydrogen-bond donors (Lipinski definition) is 0. The van der Waals surface area contributed by atoms with E-state index >= 15 is 0 Å². The van der Waals surface area contributed by atoms with Crippen molar-refractivity contribution in [2.75, 3.05) is 21.1 Å². The zero-order valence-electron chi connectivity index (χ0n) is 12.9. The van der Waals surface area contributed by atoms with E-state index in [-0.39, 0.29) is 11.7 Å². The van der Waals surface area contributed by atoms with E-state index in [0.29, 0.717) is 17.8 Å². The SMILES string of the molecule is CN(Cc1cnccn1)C(=O)[C@H](c1cccc(F)c1)N(C)C. The maximum Gasteiger partial charge on any atom is 0.244 e. The van der Waals surface area contributed by atoms with Crippen molar-refractivity contribution in [3.63, 3.8) is 0 Å². The number of carbonyl (C=O) groups excluding carboxylic acids is 1. The molecule has 1 amide bonds. The molecule has 0 spiro atoms. The zero-order chi connectivity index (χ0) is 16.1. The normalized spacial score (nSPS) is 12.2. The molecule has 0 saturated heterocycles. The molecule has 0 aliphatic rings. The van der Waals surface area contributed by atoms with Gasteiger partial charge in [0.1, 0.15) is 11.9 Å². The molecule has 22 heavy (non-hydrogen) atoms. The van der Waals surface area contributed by atoms with Gasteiger partial charge in [-0.3, -0.25) is 19.7 Å². The molecule has 1 heterocycles. The van der Waals surface area contributed by atoms with Crippen molar-refractivity contribution in [3.8, 4) is 0 Å². The van der Waals surface area contributed by atoms with Crippen molar-refractivity contribution < 1.29 is 9.18 Å². The minimum Gasteiger partial charge on any atom is -0.338 e. The van der Waals surface area contributed by atoms with Gasteiger partial charge in [-0.25, -0.2) is 4.39 Å². The molecule has 0 saturated carbocycles. The van der Waals surface area contributed by atoms with E-state index in [1.54, 1.807) is 61.7 Å². The smallest absolute Gasteiger partial charge is 0.244 e. The Morgan fingerprint density at radius 3 is 2.64 bits per heavy atom. The Morgan fingerprint density at radius 2 is 2.05 bits per heavy atom. The van der Waals surface area contributed by atoms with Gasteiger partial charge in [0.05, 0.1) is 18.4 Å². The lowest BCUT2D eigenvalue weighted by Gasteiger charge is -2.28. The molecule has 1 aromatic carbocycles. The van der Waals surface area contributed by atoms with Crippen LogP contribution in [0, 0.1) is 5.82 Å². The third-order valence-corrected chi connectivity index (χ3v) is 3.31. The fourth-order valence-corrected chi connectivity index (χ4v) is 2.28. The van der Waals surface area contributed by atoms with Crippen molar-refractivity contribution in [2.24, 2.45) is 0 Å². The molecule has 0 fully saturated rings. The molecule has 2 aromatic rings. The lowest BCUT2D eigenvalue weighted by Crippen LogP contribution is -2.38. The molecule has 1 atom stereocenters. The van der Waals surface area contributed by atoms with Crippen molar-refractivity contribution in [2.45, 2.75) is 12.6 Å². The second-order valence-electron chi connectivity index (χ2n) is 5.31. The molecule has 116 valence electrons. The highest BCUT2D eigenvalue weighted by Gasteiger charge is 2.26. The fourth-order valence-electron chi connectivity index (χ4n) is 2.28. The van der Waals surface area contributed by atoms with Gasteiger partial charge in [0.25, 0.3) is 0 Å². The first-order valence-corrected chi connectivity index (χ1v) is 6.91. The van der Waals surface area contributed by atoms with Crippen molar-refractivity contribution in [1.82, 2.24) is 19.8 Å². The third kappa shape index (κ3) is 3.85. The molecule has 5 nitrogen and oxygen atoms in total. The molecule has 0 bridgehead atoms. The van der Waals surface area contributed by atoms with Gasteiger partial charge in [-0.1, -0.05) is 12.1 Å². The van der Waals surface area contributed by atoms with Crippen LogP contribution in [0.4, 0.5) is 4.39 Å². The van der Waals surface area contributed by atoms with Crippen LogP contribution in [-0.4, -0.2) is 46.8 Å².